The van der Waals surface area contributed by atoms with E-state index in [0.717, 1.165) is 6.42 Å². The lowest BCUT2D eigenvalue weighted by Crippen LogP contribution is -2.40. The molecule has 17 heavy (non-hydrogen) atoms. The summed E-state index contributed by atoms with van der Waals surface area (Å²) >= 11 is 0. The molecule has 0 fully saturated rings. The first-order valence-corrected chi connectivity index (χ1v) is 5.78. The molecule has 0 unspecified atom stereocenters. The molecule has 0 atom stereocenters. The molecule has 1 heterocycles. The maximum Gasteiger partial charge on any atom is 0.331 e. The van der Waals surface area contributed by atoms with Gasteiger partial charge in [-0.25, -0.2) is 4.79 Å². The Morgan fingerprint density at radius 1 is 1.29 bits per heavy atom. The number of aromatic nitrogens is 2. The number of hydrogen-bond acceptors (Lipinski definition) is 4. The molecular weight excluding hydrogens is 222 g/mol. The number of aryl methyl sites for hydroxylation is 1. The second-order valence-corrected chi connectivity index (χ2v) is 3.68. The van der Waals surface area contributed by atoms with Crippen LogP contribution in [0.15, 0.2) is 21.9 Å². The van der Waals surface area contributed by atoms with Crippen molar-refractivity contribution in [3.63, 3.8) is 0 Å². The van der Waals surface area contributed by atoms with Gasteiger partial charge in [-0.2, -0.15) is 0 Å². The molecule has 1 rings (SSSR count). The summed E-state index contributed by atoms with van der Waals surface area (Å²) in [6.07, 6.45) is 2.38. The van der Waals surface area contributed by atoms with Gasteiger partial charge in [0.05, 0.1) is 19.8 Å². The van der Waals surface area contributed by atoms with Crippen molar-refractivity contribution in [3.05, 3.63) is 33.1 Å². The minimum Gasteiger partial charge on any atom is -0.378 e. The van der Waals surface area contributed by atoms with E-state index in [0.29, 0.717) is 26.3 Å². The first-order valence-electron chi connectivity index (χ1n) is 5.78. The predicted octanol–water partition coefficient (Wildman–Crippen LogP) is -0.605. The van der Waals surface area contributed by atoms with Crippen LogP contribution >= 0.6 is 0 Å². The van der Waals surface area contributed by atoms with Crippen LogP contribution in [0.1, 0.15) is 13.3 Å². The van der Waals surface area contributed by atoms with E-state index in [9.17, 15) is 9.59 Å². The fraction of sp³-hybridized carbons (Fsp3) is 0.636. The number of nitrogens with two attached hydrogens (primary N) is 1. The van der Waals surface area contributed by atoms with Crippen molar-refractivity contribution in [1.29, 1.82) is 0 Å². The summed E-state index contributed by atoms with van der Waals surface area (Å²) < 4.78 is 7.88. The molecule has 0 amide bonds. The predicted molar refractivity (Wildman–Crippen MR) is 65.1 cm³/mol. The van der Waals surface area contributed by atoms with Crippen LogP contribution in [0, 0.1) is 0 Å². The molecule has 0 bridgehead atoms. The largest absolute Gasteiger partial charge is 0.378 e. The highest BCUT2D eigenvalue weighted by Gasteiger charge is 2.04. The van der Waals surface area contributed by atoms with E-state index < -0.39 is 0 Å². The zero-order chi connectivity index (χ0) is 12.7. The summed E-state index contributed by atoms with van der Waals surface area (Å²) in [4.78, 5) is 23.4. The fourth-order valence-corrected chi connectivity index (χ4v) is 1.51. The quantitative estimate of drug-likeness (QED) is 0.646. The van der Waals surface area contributed by atoms with Crippen LogP contribution in [-0.2, 0) is 17.8 Å². The summed E-state index contributed by atoms with van der Waals surface area (Å²) in [6, 6.07) is 1.40. The van der Waals surface area contributed by atoms with Crippen LogP contribution in [-0.4, -0.2) is 28.9 Å². The Morgan fingerprint density at radius 2 is 2.06 bits per heavy atom. The lowest BCUT2D eigenvalue weighted by atomic mass is 10.4. The molecule has 1 aromatic heterocycles. The van der Waals surface area contributed by atoms with E-state index in [-0.39, 0.29) is 17.8 Å². The van der Waals surface area contributed by atoms with Crippen molar-refractivity contribution in [2.75, 3.05) is 19.8 Å². The van der Waals surface area contributed by atoms with Crippen molar-refractivity contribution in [2.45, 2.75) is 26.4 Å². The molecule has 0 saturated carbocycles. The van der Waals surface area contributed by atoms with Gasteiger partial charge in [0.15, 0.2) is 0 Å². The van der Waals surface area contributed by atoms with E-state index in [4.69, 9.17) is 10.5 Å². The fourth-order valence-electron chi connectivity index (χ4n) is 1.51. The van der Waals surface area contributed by atoms with Crippen LogP contribution in [0.2, 0.25) is 0 Å². The molecule has 0 spiro atoms. The van der Waals surface area contributed by atoms with E-state index in [1.165, 1.54) is 21.4 Å². The van der Waals surface area contributed by atoms with Crippen LogP contribution in [0.5, 0.6) is 0 Å². The van der Waals surface area contributed by atoms with Crippen molar-refractivity contribution >= 4 is 0 Å². The van der Waals surface area contributed by atoms with Gasteiger partial charge in [0.2, 0.25) is 0 Å². The van der Waals surface area contributed by atoms with Crippen LogP contribution in [0.4, 0.5) is 0 Å². The van der Waals surface area contributed by atoms with Crippen molar-refractivity contribution in [2.24, 2.45) is 5.73 Å². The topological polar surface area (TPSA) is 79.2 Å². The summed E-state index contributed by atoms with van der Waals surface area (Å²) in [5.74, 6) is 0. The van der Waals surface area contributed by atoms with Gasteiger partial charge in [-0.15, -0.1) is 0 Å². The van der Waals surface area contributed by atoms with Gasteiger partial charge in [-0.3, -0.25) is 9.36 Å². The Morgan fingerprint density at radius 3 is 2.71 bits per heavy atom. The highest BCUT2D eigenvalue weighted by molar-refractivity contribution is 4.86. The van der Waals surface area contributed by atoms with Crippen molar-refractivity contribution < 1.29 is 4.74 Å². The lowest BCUT2D eigenvalue weighted by Gasteiger charge is -2.09. The molecule has 0 aliphatic rings. The molecule has 2 N–H and O–H groups in total. The SMILES string of the molecule is CCCn1ccc(=O)n(CCOCCN)c1=O. The number of rotatable bonds is 7. The minimum absolute atomic E-state index is 0.266. The number of ether oxygens (including phenoxy) is 1. The molecule has 1 aromatic rings. The minimum atomic E-state index is -0.293. The molecular formula is C11H19N3O3. The van der Waals surface area contributed by atoms with Crippen LogP contribution in [0.3, 0.4) is 0 Å². The van der Waals surface area contributed by atoms with Gasteiger partial charge in [0.1, 0.15) is 0 Å². The number of nitrogens with zero attached hydrogens (tertiary/aromatic N) is 2. The average molecular weight is 241 g/mol. The van der Waals surface area contributed by atoms with Gasteiger partial charge in [-0.1, -0.05) is 6.92 Å². The Hall–Kier alpha value is -1.40. The maximum absolute atomic E-state index is 11.9. The lowest BCUT2D eigenvalue weighted by molar-refractivity contribution is 0.131. The van der Waals surface area contributed by atoms with Crippen LogP contribution < -0.4 is 17.0 Å². The van der Waals surface area contributed by atoms with E-state index in [1.807, 2.05) is 6.92 Å². The second-order valence-electron chi connectivity index (χ2n) is 3.68. The first-order chi connectivity index (χ1) is 8.20. The number of hydrogen-bond donors (Lipinski definition) is 1. The molecule has 0 aliphatic carbocycles. The van der Waals surface area contributed by atoms with Gasteiger partial charge < -0.3 is 15.0 Å². The standard InChI is InChI=1S/C11H19N3O3/c1-2-5-13-6-3-10(15)14(11(13)16)7-9-17-8-4-12/h3,6H,2,4-5,7-9,12H2,1H3. The van der Waals surface area contributed by atoms with Gasteiger partial charge in [0, 0.05) is 25.4 Å². The average Bonchev–Trinajstić information content (AvgIpc) is 2.32. The summed E-state index contributed by atoms with van der Waals surface area (Å²) in [5, 5.41) is 0. The van der Waals surface area contributed by atoms with E-state index in [2.05, 4.69) is 0 Å². The molecule has 6 nitrogen and oxygen atoms in total. The van der Waals surface area contributed by atoms with Crippen molar-refractivity contribution in [1.82, 2.24) is 9.13 Å². The third-order valence-electron chi connectivity index (χ3n) is 2.33. The van der Waals surface area contributed by atoms with Gasteiger partial charge in [-0.05, 0) is 6.42 Å². The summed E-state index contributed by atoms with van der Waals surface area (Å²) in [7, 11) is 0. The maximum atomic E-state index is 11.9. The van der Waals surface area contributed by atoms with E-state index >= 15 is 0 Å². The second kappa shape index (κ2) is 7.03. The smallest absolute Gasteiger partial charge is 0.331 e. The van der Waals surface area contributed by atoms with Crippen LogP contribution in [0.25, 0.3) is 0 Å². The van der Waals surface area contributed by atoms with Gasteiger partial charge in [0.25, 0.3) is 5.56 Å². The summed E-state index contributed by atoms with van der Waals surface area (Å²) in [5.41, 5.74) is 4.70. The Balaban J connectivity index is 2.79. The third-order valence-corrected chi connectivity index (χ3v) is 2.33. The molecule has 0 aliphatic heterocycles. The molecule has 6 heteroatoms. The Kier molecular flexibility index (Phi) is 5.65. The van der Waals surface area contributed by atoms with Crippen molar-refractivity contribution in [3.8, 4) is 0 Å². The Bertz CT molecular complexity index is 450. The third kappa shape index (κ3) is 3.83. The monoisotopic (exact) mass is 241 g/mol. The molecule has 0 saturated heterocycles. The Labute approximate surface area is 99.6 Å². The molecule has 96 valence electrons. The zero-order valence-electron chi connectivity index (χ0n) is 10.1. The molecule has 0 radical (unpaired) electrons. The van der Waals surface area contributed by atoms with E-state index in [1.54, 1.807) is 0 Å². The summed E-state index contributed by atoms with van der Waals surface area (Å²) in [6.45, 7) is 4.05. The highest BCUT2D eigenvalue weighted by atomic mass is 16.5. The van der Waals surface area contributed by atoms with Gasteiger partial charge >= 0.3 is 5.69 Å². The normalized spacial score (nSPS) is 10.7. The highest BCUT2D eigenvalue weighted by Crippen LogP contribution is 1.84. The first kappa shape index (κ1) is 13.7. The molecule has 0 aromatic carbocycles. The zero-order valence-corrected chi connectivity index (χ0v) is 10.1.